The van der Waals surface area contributed by atoms with Gasteiger partial charge in [-0.05, 0) is 26.3 Å². The SMILES string of the molecule is CCN(C)c1cnn(CCCCNC(C)C)c(=O)c1. The van der Waals surface area contributed by atoms with Crippen LogP contribution in [0.3, 0.4) is 0 Å². The monoisotopic (exact) mass is 266 g/mol. The predicted octanol–water partition coefficient (Wildman–Crippen LogP) is 1.48. The van der Waals surface area contributed by atoms with Gasteiger partial charge in [0, 0.05) is 32.2 Å². The zero-order valence-electron chi connectivity index (χ0n) is 12.5. The lowest BCUT2D eigenvalue weighted by Gasteiger charge is -2.16. The van der Waals surface area contributed by atoms with E-state index in [1.165, 1.54) is 0 Å². The highest BCUT2D eigenvalue weighted by Gasteiger charge is 2.03. The van der Waals surface area contributed by atoms with Gasteiger partial charge in [-0.3, -0.25) is 4.79 Å². The molecule has 1 aromatic rings. The van der Waals surface area contributed by atoms with E-state index in [9.17, 15) is 4.79 Å². The third-order valence-corrected chi connectivity index (χ3v) is 3.12. The number of nitrogens with one attached hydrogen (secondary N) is 1. The first-order chi connectivity index (χ1) is 9.04. The van der Waals surface area contributed by atoms with E-state index in [1.54, 1.807) is 16.9 Å². The number of hydrogen-bond acceptors (Lipinski definition) is 4. The van der Waals surface area contributed by atoms with Crippen molar-refractivity contribution in [3.05, 3.63) is 22.6 Å². The van der Waals surface area contributed by atoms with Crippen molar-refractivity contribution in [1.29, 1.82) is 0 Å². The van der Waals surface area contributed by atoms with Crippen LogP contribution >= 0.6 is 0 Å². The molecule has 0 aliphatic heterocycles. The van der Waals surface area contributed by atoms with Crippen LogP contribution in [0.15, 0.2) is 17.1 Å². The van der Waals surface area contributed by atoms with E-state index in [4.69, 9.17) is 0 Å². The summed E-state index contributed by atoms with van der Waals surface area (Å²) in [5.74, 6) is 0. The highest BCUT2D eigenvalue weighted by atomic mass is 16.1. The van der Waals surface area contributed by atoms with E-state index in [0.29, 0.717) is 12.6 Å². The molecule has 1 heterocycles. The van der Waals surface area contributed by atoms with Crippen LogP contribution in [0.5, 0.6) is 0 Å². The summed E-state index contributed by atoms with van der Waals surface area (Å²) in [6, 6.07) is 2.17. The number of aryl methyl sites for hydroxylation is 1. The van der Waals surface area contributed by atoms with E-state index >= 15 is 0 Å². The summed E-state index contributed by atoms with van der Waals surface area (Å²) in [7, 11) is 1.96. The number of anilines is 1. The van der Waals surface area contributed by atoms with Gasteiger partial charge in [-0.2, -0.15) is 5.10 Å². The molecule has 0 atom stereocenters. The molecule has 1 N–H and O–H groups in total. The molecule has 0 saturated carbocycles. The predicted molar refractivity (Wildman–Crippen MR) is 79.8 cm³/mol. The third-order valence-electron chi connectivity index (χ3n) is 3.12. The second kappa shape index (κ2) is 7.94. The third kappa shape index (κ3) is 5.42. The van der Waals surface area contributed by atoms with Crippen molar-refractivity contribution in [2.75, 3.05) is 25.0 Å². The first kappa shape index (κ1) is 15.7. The lowest BCUT2D eigenvalue weighted by molar-refractivity contribution is 0.499. The molecular weight excluding hydrogens is 240 g/mol. The Bertz CT molecular complexity index is 428. The molecular formula is C14H26N4O. The van der Waals surface area contributed by atoms with Crippen LogP contribution in [0.25, 0.3) is 0 Å². The molecule has 5 heteroatoms. The van der Waals surface area contributed by atoms with E-state index in [-0.39, 0.29) is 5.56 Å². The Morgan fingerprint density at radius 3 is 2.74 bits per heavy atom. The number of hydrogen-bond donors (Lipinski definition) is 1. The highest BCUT2D eigenvalue weighted by molar-refractivity contribution is 5.41. The maximum Gasteiger partial charge on any atom is 0.268 e. The standard InChI is InChI=1S/C14H26N4O/c1-5-17(4)13-10-14(19)18(16-11-13)9-7-6-8-15-12(2)3/h10-12,15H,5-9H2,1-4H3. The fraction of sp³-hybridized carbons (Fsp3) is 0.714. The average Bonchev–Trinajstić information content (AvgIpc) is 2.38. The Balaban J connectivity index is 2.45. The molecule has 0 aromatic carbocycles. The highest BCUT2D eigenvalue weighted by Crippen LogP contribution is 2.05. The number of nitrogens with zero attached hydrogens (tertiary/aromatic N) is 3. The summed E-state index contributed by atoms with van der Waals surface area (Å²) in [6.45, 7) is 8.86. The molecule has 0 fully saturated rings. The summed E-state index contributed by atoms with van der Waals surface area (Å²) < 4.78 is 1.54. The zero-order valence-corrected chi connectivity index (χ0v) is 12.5. The first-order valence-electron chi connectivity index (χ1n) is 7.06. The first-order valence-corrected chi connectivity index (χ1v) is 7.06. The summed E-state index contributed by atoms with van der Waals surface area (Å²) >= 11 is 0. The fourth-order valence-electron chi connectivity index (χ4n) is 1.76. The van der Waals surface area contributed by atoms with E-state index in [1.807, 2.05) is 18.9 Å². The van der Waals surface area contributed by atoms with Gasteiger partial charge in [0.25, 0.3) is 5.56 Å². The van der Waals surface area contributed by atoms with Crippen molar-refractivity contribution in [2.24, 2.45) is 0 Å². The molecule has 5 nitrogen and oxygen atoms in total. The van der Waals surface area contributed by atoms with Crippen LogP contribution in [0, 0.1) is 0 Å². The Morgan fingerprint density at radius 1 is 1.42 bits per heavy atom. The summed E-state index contributed by atoms with van der Waals surface area (Å²) in [5, 5.41) is 7.59. The molecule has 0 unspecified atom stereocenters. The molecule has 0 aliphatic rings. The van der Waals surface area contributed by atoms with Gasteiger partial charge in [-0.15, -0.1) is 0 Å². The molecule has 1 aromatic heterocycles. The van der Waals surface area contributed by atoms with Crippen molar-refractivity contribution in [3.8, 4) is 0 Å². The minimum Gasteiger partial charge on any atom is -0.373 e. The molecule has 19 heavy (non-hydrogen) atoms. The quantitative estimate of drug-likeness (QED) is 0.724. The normalized spacial score (nSPS) is 11.0. The van der Waals surface area contributed by atoms with Crippen molar-refractivity contribution in [1.82, 2.24) is 15.1 Å². The van der Waals surface area contributed by atoms with Crippen LogP contribution in [-0.2, 0) is 6.54 Å². The minimum absolute atomic E-state index is 0.0189. The van der Waals surface area contributed by atoms with Crippen LogP contribution in [-0.4, -0.2) is 36.0 Å². The second-order valence-electron chi connectivity index (χ2n) is 5.11. The van der Waals surface area contributed by atoms with Gasteiger partial charge in [0.1, 0.15) is 0 Å². The van der Waals surface area contributed by atoms with E-state index < -0.39 is 0 Å². The average molecular weight is 266 g/mol. The Labute approximate surface area is 115 Å². The zero-order chi connectivity index (χ0) is 14.3. The van der Waals surface area contributed by atoms with Crippen molar-refractivity contribution in [3.63, 3.8) is 0 Å². The Kier molecular flexibility index (Phi) is 6.56. The smallest absolute Gasteiger partial charge is 0.268 e. The van der Waals surface area contributed by atoms with Gasteiger partial charge in [0.2, 0.25) is 0 Å². The summed E-state index contributed by atoms with van der Waals surface area (Å²) in [5.41, 5.74) is 0.861. The summed E-state index contributed by atoms with van der Waals surface area (Å²) in [6.07, 6.45) is 3.79. The van der Waals surface area contributed by atoms with E-state index in [0.717, 1.165) is 31.6 Å². The molecule has 108 valence electrons. The van der Waals surface area contributed by atoms with Crippen LogP contribution in [0.1, 0.15) is 33.6 Å². The van der Waals surface area contributed by atoms with Gasteiger partial charge >= 0.3 is 0 Å². The van der Waals surface area contributed by atoms with E-state index in [2.05, 4.69) is 24.3 Å². The molecule has 0 aliphatic carbocycles. The topological polar surface area (TPSA) is 50.2 Å². The van der Waals surface area contributed by atoms with Crippen LogP contribution < -0.4 is 15.8 Å². The van der Waals surface area contributed by atoms with Crippen LogP contribution in [0.2, 0.25) is 0 Å². The Hall–Kier alpha value is -1.36. The van der Waals surface area contributed by atoms with Gasteiger partial charge < -0.3 is 10.2 Å². The maximum absolute atomic E-state index is 11.9. The van der Waals surface area contributed by atoms with Crippen molar-refractivity contribution >= 4 is 5.69 Å². The molecule has 0 bridgehead atoms. The summed E-state index contributed by atoms with van der Waals surface area (Å²) in [4.78, 5) is 13.9. The van der Waals surface area contributed by atoms with Crippen molar-refractivity contribution in [2.45, 2.75) is 46.2 Å². The largest absolute Gasteiger partial charge is 0.373 e. The number of aromatic nitrogens is 2. The number of unbranched alkanes of at least 4 members (excludes halogenated alkanes) is 1. The minimum atomic E-state index is -0.0189. The van der Waals surface area contributed by atoms with Gasteiger partial charge in [0.05, 0.1) is 11.9 Å². The molecule has 0 saturated heterocycles. The molecule has 0 spiro atoms. The molecule has 1 rings (SSSR count). The lowest BCUT2D eigenvalue weighted by atomic mass is 10.3. The second-order valence-corrected chi connectivity index (χ2v) is 5.11. The van der Waals surface area contributed by atoms with Crippen LogP contribution in [0.4, 0.5) is 5.69 Å². The molecule has 0 amide bonds. The molecule has 0 radical (unpaired) electrons. The Morgan fingerprint density at radius 2 is 2.16 bits per heavy atom. The van der Waals surface area contributed by atoms with Gasteiger partial charge in [-0.1, -0.05) is 13.8 Å². The van der Waals surface area contributed by atoms with Gasteiger partial charge in [-0.25, -0.2) is 4.68 Å². The number of rotatable bonds is 8. The fourth-order valence-corrected chi connectivity index (χ4v) is 1.76. The van der Waals surface area contributed by atoms with Gasteiger partial charge in [0.15, 0.2) is 0 Å². The lowest BCUT2D eigenvalue weighted by Crippen LogP contribution is -2.27. The maximum atomic E-state index is 11.9. The van der Waals surface area contributed by atoms with Crippen molar-refractivity contribution < 1.29 is 0 Å².